The molecule has 0 aliphatic heterocycles. The van der Waals surface area contributed by atoms with Crippen LogP contribution < -0.4 is 4.74 Å². The summed E-state index contributed by atoms with van der Waals surface area (Å²) in [6.07, 6.45) is 0. The fraction of sp³-hybridized carbons (Fsp3) is 0.100. The lowest BCUT2D eigenvalue weighted by Gasteiger charge is -1.99. The van der Waals surface area contributed by atoms with E-state index in [0.717, 1.165) is 10.1 Å². The number of methoxy groups -OCH3 is 1. The lowest BCUT2D eigenvalue weighted by molar-refractivity contribution is 0.108. The monoisotopic (exact) mass is 260 g/mol. The average Bonchev–Trinajstić information content (AvgIpc) is 2.56. The van der Waals surface area contributed by atoms with Crippen molar-refractivity contribution < 1.29 is 9.53 Å². The Morgan fingerprint density at radius 2 is 2.20 bits per heavy atom. The number of benzene rings is 1. The van der Waals surface area contributed by atoms with Gasteiger partial charge < -0.3 is 4.74 Å². The summed E-state index contributed by atoms with van der Waals surface area (Å²) in [5.41, 5.74) is 0. The van der Waals surface area contributed by atoms with E-state index in [-0.39, 0.29) is 0 Å². The Labute approximate surface area is 100 Å². The van der Waals surface area contributed by atoms with E-state index < -0.39 is 5.24 Å². The predicted molar refractivity (Wildman–Crippen MR) is 63.6 cm³/mol. The van der Waals surface area contributed by atoms with Crippen LogP contribution in [0.2, 0.25) is 5.02 Å². The molecule has 0 atom stereocenters. The first kappa shape index (κ1) is 10.7. The summed E-state index contributed by atoms with van der Waals surface area (Å²) in [5, 5.41) is 0.655. The predicted octanol–water partition coefficient (Wildman–Crippen LogP) is 3.94. The first-order valence-electron chi connectivity index (χ1n) is 4.10. The molecule has 78 valence electrons. The molecule has 0 N–H and O–H groups in total. The molecule has 0 unspecified atom stereocenters. The molecule has 1 aromatic heterocycles. The van der Waals surface area contributed by atoms with Crippen LogP contribution in [-0.2, 0) is 0 Å². The number of ether oxygens (including phenoxy) is 1. The fourth-order valence-electron chi connectivity index (χ4n) is 1.35. The standard InChI is InChI=1S/C10H6Cl2O2S/c1-14-6-4-2-3-5-7(11)9(10(12)13)15-8(5)6/h2-4H,1H3. The first-order chi connectivity index (χ1) is 7.15. The maximum atomic E-state index is 11.1. The van der Waals surface area contributed by atoms with Gasteiger partial charge in [-0.1, -0.05) is 23.7 Å². The van der Waals surface area contributed by atoms with E-state index in [1.54, 1.807) is 7.11 Å². The van der Waals surface area contributed by atoms with E-state index in [9.17, 15) is 4.79 Å². The van der Waals surface area contributed by atoms with Crippen LogP contribution in [0.1, 0.15) is 9.67 Å². The summed E-state index contributed by atoms with van der Waals surface area (Å²) < 4.78 is 6.01. The minimum Gasteiger partial charge on any atom is -0.495 e. The zero-order valence-electron chi connectivity index (χ0n) is 7.71. The van der Waals surface area contributed by atoms with Crippen molar-refractivity contribution in [2.45, 2.75) is 0 Å². The Kier molecular flexibility index (Phi) is 2.87. The molecule has 0 amide bonds. The lowest BCUT2D eigenvalue weighted by atomic mass is 10.2. The van der Waals surface area contributed by atoms with Gasteiger partial charge in [0.2, 0.25) is 0 Å². The smallest absolute Gasteiger partial charge is 0.263 e. The minimum atomic E-state index is -0.539. The van der Waals surface area contributed by atoms with E-state index in [1.165, 1.54) is 11.3 Å². The Morgan fingerprint density at radius 1 is 1.47 bits per heavy atom. The van der Waals surface area contributed by atoms with Crippen LogP contribution in [0.5, 0.6) is 5.75 Å². The number of carbonyl (C=O) groups excluding carboxylic acids is 1. The molecular formula is C10H6Cl2O2S. The van der Waals surface area contributed by atoms with Gasteiger partial charge in [-0.05, 0) is 17.7 Å². The minimum absolute atomic E-state index is 0.359. The molecule has 0 spiro atoms. The molecule has 0 bridgehead atoms. The van der Waals surface area contributed by atoms with Crippen molar-refractivity contribution in [3.05, 3.63) is 28.1 Å². The normalized spacial score (nSPS) is 10.6. The van der Waals surface area contributed by atoms with Crippen molar-refractivity contribution in [3.63, 3.8) is 0 Å². The molecule has 0 aliphatic rings. The van der Waals surface area contributed by atoms with Crippen molar-refractivity contribution >= 4 is 49.9 Å². The fourth-order valence-corrected chi connectivity index (χ4v) is 3.04. The van der Waals surface area contributed by atoms with Gasteiger partial charge in [0.05, 0.1) is 16.8 Å². The topological polar surface area (TPSA) is 26.3 Å². The zero-order valence-corrected chi connectivity index (χ0v) is 10.0. The van der Waals surface area contributed by atoms with E-state index in [4.69, 9.17) is 27.9 Å². The SMILES string of the molecule is COc1cccc2c(Cl)c(C(=O)Cl)sc12. The Bertz CT molecular complexity index is 533. The molecule has 15 heavy (non-hydrogen) atoms. The van der Waals surface area contributed by atoms with Crippen LogP contribution in [0.3, 0.4) is 0 Å². The highest BCUT2D eigenvalue weighted by Crippen LogP contribution is 2.40. The molecule has 2 aromatic rings. The van der Waals surface area contributed by atoms with E-state index >= 15 is 0 Å². The molecule has 0 saturated heterocycles. The summed E-state index contributed by atoms with van der Waals surface area (Å²) in [6, 6.07) is 5.47. The molecule has 1 aromatic carbocycles. The maximum absolute atomic E-state index is 11.1. The van der Waals surface area contributed by atoms with E-state index in [1.807, 2.05) is 18.2 Å². The van der Waals surface area contributed by atoms with Gasteiger partial charge >= 0.3 is 0 Å². The third-order valence-corrected chi connectivity index (χ3v) is 4.04. The molecule has 2 nitrogen and oxygen atoms in total. The highest BCUT2D eigenvalue weighted by molar-refractivity contribution is 7.23. The Hall–Kier alpha value is -0.770. The summed E-state index contributed by atoms with van der Waals surface area (Å²) in [7, 11) is 1.57. The highest BCUT2D eigenvalue weighted by Gasteiger charge is 2.17. The summed E-state index contributed by atoms with van der Waals surface area (Å²) in [4.78, 5) is 11.4. The number of hydrogen-bond acceptors (Lipinski definition) is 3. The quantitative estimate of drug-likeness (QED) is 0.765. The van der Waals surface area contributed by atoms with Gasteiger partial charge in [-0.15, -0.1) is 11.3 Å². The van der Waals surface area contributed by atoms with Crippen molar-refractivity contribution in [3.8, 4) is 5.75 Å². The number of thiophene rings is 1. The third kappa shape index (κ3) is 1.71. The van der Waals surface area contributed by atoms with Gasteiger partial charge in [0.25, 0.3) is 5.24 Å². The molecular weight excluding hydrogens is 255 g/mol. The first-order valence-corrected chi connectivity index (χ1v) is 5.67. The molecule has 2 rings (SSSR count). The Morgan fingerprint density at radius 3 is 2.80 bits per heavy atom. The molecule has 0 radical (unpaired) electrons. The average molecular weight is 261 g/mol. The van der Waals surface area contributed by atoms with Gasteiger partial charge in [-0.2, -0.15) is 0 Å². The van der Waals surface area contributed by atoms with Crippen LogP contribution in [0.25, 0.3) is 10.1 Å². The summed E-state index contributed by atoms with van der Waals surface area (Å²) in [5.74, 6) is 0.698. The number of halogens is 2. The number of fused-ring (bicyclic) bond motifs is 1. The number of carbonyl (C=O) groups is 1. The van der Waals surface area contributed by atoms with Crippen molar-refractivity contribution in [2.75, 3.05) is 7.11 Å². The van der Waals surface area contributed by atoms with E-state index in [2.05, 4.69) is 0 Å². The third-order valence-electron chi connectivity index (χ3n) is 2.02. The maximum Gasteiger partial charge on any atom is 0.263 e. The van der Waals surface area contributed by atoms with Gasteiger partial charge in [-0.25, -0.2) is 0 Å². The van der Waals surface area contributed by atoms with Crippen LogP contribution in [-0.4, -0.2) is 12.4 Å². The van der Waals surface area contributed by atoms with Crippen LogP contribution in [0.15, 0.2) is 18.2 Å². The number of hydrogen-bond donors (Lipinski definition) is 0. The van der Waals surface area contributed by atoms with Crippen molar-refractivity contribution in [1.82, 2.24) is 0 Å². The lowest BCUT2D eigenvalue weighted by Crippen LogP contribution is -1.81. The molecule has 5 heteroatoms. The van der Waals surface area contributed by atoms with Gasteiger partial charge in [-0.3, -0.25) is 4.79 Å². The second-order valence-electron chi connectivity index (χ2n) is 2.86. The zero-order chi connectivity index (χ0) is 11.0. The van der Waals surface area contributed by atoms with Gasteiger partial charge in [0.1, 0.15) is 10.6 Å². The second kappa shape index (κ2) is 4.00. The highest BCUT2D eigenvalue weighted by atomic mass is 35.5. The largest absolute Gasteiger partial charge is 0.495 e. The summed E-state index contributed by atoms with van der Waals surface area (Å²) >= 11 is 12.7. The van der Waals surface area contributed by atoms with Crippen LogP contribution in [0, 0.1) is 0 Å². The van der Waals surface area contributed by atoms with E-state index in [0.29, 0.717) is 15.6 Å². The van der Waals surface area contributed by atoms with Gasteiger partial charge in [0.15, 0.2) is 0 Å². The van der Waals surface area contributed by atoms with Crippen LogP contribution in [0.4, 0.5) is 0 Å². The van der Waals surface area contributed by atoms with Crippen molar-refractivity contribution in [1.29, 1.82) is 0 Å². The molecule has 0 aliphatic carbocycles. The summed E-state index contributed by atoms with van der Waals surface area (Å²) in [6.45, 7) is 0. The number of rotatable bonds is 2. The Balaban J connectivity index is 2.81. The molecule has 0 saturated carbocycles. The van der Waals surface area contributed by atoms with Gasteiger partial charge in [0, 0.05) is 5.39 Å². The molecule has 1 heterocycles. The van der Waals surface area contributed by atoms with Crippen LogP contribution >= 0.6 is 34.5 Å². The van der Waals surface area contributed by atoms with Crippen molar-refractivity contribution in [2.24, 2.45) is 0 Å². The molecule has 0 fully saturated rings. The second-order valence-corrected chi connectivity index (χ2v) is 4.60.